The number of rotatable bonds is 5. The van der Waals surface area contributed by atoms with Crippen molar-refractivity contribution < 1.29 is 9.18 Å². The van der Waals surface area contributed by atoms with Gasteiger partial charge in [0.1, 0.15) is 11.5 Å². The van der Waals surface area contributed by atoms with Crippen molar-refractivity contribution in [2.24, 2.45) is 0 Å². The molecular weight excluding hydrogens is 419 g/mol. The Balaban J connectivity index is 1.69. The lowest BCUT2D eigenvalue weighted by Crippen LogP contribution is -2.46. The number of hydrogen-bond donors (Lipinski definition) is 1. The Morgan fingerprint density at radius 2 is 1.81 bits per heavy atom. The summed E-state index contributed by atoms with van der Waals surface area (Å²) in [7, 11) is 0. The number of fused-ring (bicyclic) bond motifs is 1. The van der Waals surface area contributed by atoms with Crippen LogP contribution in [0.2, 0.25) is 0 Å². The number of carbonyl (C=O) groups excluding carboxylic acids is 1. The van der Waals surface area contributed by atoms with Gasteiger partial charge in [0.05, 0.1) is 11.6 Å². The molecule has 3 heterocycles. The Kier molecular flexibility index (Phi) is 6.79. The summed E-state index contributed by atoms with van der Waals surface area (Å²) in [5.41, 5.74) is -0.524. The molecule has 1 aliphatic carbocycles. The average molecular weight is 449 g/mol. The van der Waals surface area contributed by atoms with Crippen LogP contribution in [0.15, 0.2) is 21.9 Å². The molecule has 0 bridgehead atoms. The van der Waals surface area contributed by atoms with Gasteiger partial charge >= 0.3 is 5.69 Å². The molecule has 0 unspecified atom stereocenters. The molecule has 0 radical (unpaired) electrons. The molecule has 2 aromatic rings. The first kappa shape index (κ1) is 22.0. The van der Waals surface area contributed by atoms with Gasteiger partial charge < -0.3 is 5.32 Å². The summed E-state index contributed by atoms with van der Waals surface area (Å²) in [4.78, 5) is 42.8. The normalized spacial score (nSPS) is 22.5. The van der Waals surface area contributed by atoms with Crippen LogP contribution in [0, 0.1) is 5.82 Å². The Morgan fingerprint density at radius 1 is 1.13 bits per heavy atom. The highest BCUT2D eigenvalue weighted by Crippen LogP contribution is 2.30. The smallest absolute Gasteiger partial charge is 0.333 e. The SMILES string of the molecule is CCCC(=O)N[C@H]1CC[C@@H](n2c(=O)c3cc(F)cnc3n(C3CCSCC3)c2=O)CC1. The van der Waals surface area contributed by atoms with Gasteiger partial charge in [0, 0.05) is 24.5 Å². The molecule has 2 aromatic heterocycles. The van der Waals surface area contributed by atoms with Crippen molar-refractivity contribution in [2.45, 2.75) is 76.4 Å². The summed E-state index contributed by atoms with van der Waals surface area (Å²) in [6.45, 7) is 1.97. The highest BCUT2D eigenvalue weighted by Gasteiger charge is 2.29. The zero-order chi connectivity index (χ0) is 22.0. The van der Waals surface area contributed by atoms with E-state index in [1.807, 2.05) is 18.7 Å². The molecule has 7 nitrogen and oxygen atoms in total. The third-order valence-corrected chi connectivity index (χ3v) is 7.43. The summed E-state index contributed by atoms with van der Waals surface area (Å²) in [5.74, 6) is 1.36. The van der Waals surface area contributed by atoms with E-state index in [9.17, 15) is 18.8 Å². The number of halogens is 1. The number of hydrogen-bond acceptors (Lipinski definition) is 5. The molecule has 168 valence electrons. The van der Waals surface area contributed by atoms with Crippen molar-refractivity contribution in [3.8, 4) is 0 Å². The molecule has 4 rings (SSSR count). The summed E-state index contributed by atoms with van der Waals surface area (Å²) >= 11 is 1.85. The number of aromatic nitrogens is 3. The van der Waals surface area contributed by atoms with Crippen LogP contribution in [0.4, 0.5) is 4.39 Å². The summed E-state index contributed by atoms with van der Waals surface area (Å²) < 4.78 is 16.9. The van der Waals surface area contributed by atoms with Crippen LogP contribution in [0.5, 0.6) is 0 Å². The maximum Gasteiger partial charge on any atom is 0.333 e. The lowest BCUT2D eigenvalue weighted by molar-refractivity contribution is -0.122. The third-order valence-electron chi connectivity index (χ3n) is 6.38. The molecule has 2 fully saturated rings. The first-order chi connectivity index (χ1) is 15.0. The number of pyridine rings is 1. The van der Waals surface area contributed by atoms with Crippen LogP contribution in [-0.2, 0) is 4.79 Å². The first-order valence-corrected chi connectivity index (χ1v) is 12.3. The largest absolute Gasteiger partial charge is 0.353 e. The average Bonchev–Trinajstić information content (AvgIpc) is 2.76. The molecule has 1 saturated heterocycles. The highest BCUT2D eigenvalue weighted by atomic mass is 32.2. The number of nitrogens with one attached hydrogen (secondary N) is 1. The maximum absolute atomic E-state index is 14.0. The van der Waals surface area contributed by atoms with E-state index in [0.29, 0.717) is 32.1 Å². The minimum Gasteiger partial charge on any atom is -0.353 e. The van der Waals surface area contributed by atoms with Crippen LogP contribution in [-0.4, -0.2) is 37.6 Å². The minimum atomic E-state index is -0.581. The fourth-order valence-corrected chi connectivity index (χ4v) is 5.89. The van der Waals surface area contributed by atoms with Gasteiger partial charge in [-0.1, -0.05) is 6.92 Å². The van der Waals surface area contributed by atoms with Gasteiger partial charge in [-0.15, -0.1) is 0 Å². The predicted molar refractivity (Wildman–Crippen MR) is 120 cm³/mol. The van der Waals surface area contributed by atoms with E-state index in [1.165, 1.54) is 10.6 Å². The molecule has 1 amide bonds. The van der Waals surface area contributed by atoms with Crippen molar-refractivity contribution in [1.82, 2.24) is 19.4 Å². The van der Waals surface area contributed by atoms with Crippen molar-refractivity contribution >= 4 is 28.7 Å². The van der Waals surface area contributed by atoms with E-state index in [-0.39, 0.29) is 40.8 Å². The van der Waals surface area contributed by atoms with Crippen molar-refractivity contribution in [3.05, 3.63) is 38.9 Å². The van der Waals surface area contributed by atoms with E-state index >= 15 is 0 Å². The number of nitrogens with zero attached hydrogens (tertiary/aromatic N) is 3. The number of amides is 1. The number of carbonyl (C=O) groups is 1. The lowest BCUT2D eigenvalue weighted by atomic mass is 9.90. The second-order valence-electron chi connectivity index (χ2n) is 8.52. The van der Waals surface area contributed by atoms with E-state index in [2.05, 4.69) is 10.3 Å². The van der Waals surface area contributed by atoms with Crippen LogP contribution >= 0.6 is 11.8 Å². The molecule has 9 heteroatoms. The molecule has 0 aromatic carbocycles. The Bertz CT molecular complexity index is 1070. The fraction of sp³-hybridized carbons (Fsp3) is 0.636. The standard InChI is InChI=1S/C22H29FN4O3S/c1-2-3-19(28)25-15-4-6-16(7-5-15)27-21(29)18-12-14(23)13-24-20(18)26(22(27)30)17-8-10-31-11-9-17/h12-13,15-17H,2-11H2,1H3,(H,25,28)/t15-,16+. The maximum atomic E-state index is 14.0. The quantitative estimate of drug-likeness (QED) is 0.759. The Morgan fingerprint density at radius 3 is 2.48 bits per heavy atom. The molecule has 2 aliphatic rings. The summed E-state index contributed by atoms with van der Waals surface area (Å²) in [6, 6.07) is 0.982. The molecule has 31 heavy (non-hydrogen) atoms. The topological polar surface area (TPSA) is 86.0 Å². The van der Waals surface area contributed by atoms with E-state index in [1.54, 1.807) is 4.57 Å². The predicted octanol–water partition coefficient (Wildman–Crippen LogP) is 3.17. The van der Waals surface area contributed by atoms with E-state index < -0.39 is 11.4 Å². The van der Waals surface area contributed by atoms with Crippen molar-refractivity contribution in [3.63, 3.8) is 0 Å². The van der Waals surface area contributed by atoms with Crippen LogP contribution < -0.4 is 16.6 Å². The van der Waals surface area contributed by atoms with E-state index in [4.69, 9.17) is 0 Å². The molecule has 1 aliphatic heterocycles. The number of thioether (sulfide) groups is 1. The first-order valence-electron chi connectivity index (χ1n) is 11.2. The minimum absolute atomic E-state index is 0.0364. The third kappa shape index (κ3) is 4.56. The van der Waals surface area contributed by atoms with Gasteiger partial charge in [-0.25, -0.2) is 14.2 Å². The molecule has 1 N–H and O–H groups in total. The van der Waals surface area contributed by atoms with Crippen molar-refractivity contribution in [2.75, 3.05) is 11.5 Å². The van der Waals surface area contributed by atoms with Crippen LogP contribution in [0.3, 0.4) is 0 Å². The van der Waals surface area contributed by atoms with Gasteiger partial charge in [-0.3, -0.25) is 18.7 Å². The summed E-state index contributed by atoms with van der Waals surface area (Å²) in [6.07, 6.45) is 6.72. The highest BCUT2D eigenvalue weighted by molar-refractivity contribution is 7.99. The monoisotopic (exact) mass is 448 g/mol. The van der Waals surface area contributed by atoms with Gasteiger partial charge in [-0.2, -0.15) is 11.8 Å². The lowest BCUT2D eigenvalue weighted by Gasteiger charge is -2.31. The molecular formula is C22H29FN4O3S. The Hall–Kier alpha value is -2.16. The zero-order valence-electron chi connectivity index (χ0n) is 17.8. The van der Waals surface area contributed by atoms with Crippen LogP contribution in [0.1, 0.15) is 70.4 Å². The second kappa shape index (κ2) is 9.54. The van der Waals surface area contributed by atoms with Gasteiger partial charge in [0.25, 0.3) is 5.56 Å². The Labute approximate surface area is 184 Å². The second-order valence-corrected chi connectivity index (χ2v) is 9.74. The van der Waals surface area contributed by atoms with Crippen molar-refractivity contribution in [1.29, 1.82) is 0 Å². The summed E-state index contributed by atoms with van der Waals surface area (Å²) in [5, 5.41) is 3.21. The van der Waals surface area contributed by atoms with Gasteiger partial charge in [0.2, 0.25) is 5.91 Å². The molecule has 0 atom stereocenters. The van der Waals surface area contributed by atoms with E-state index in [0.717, 1.165) is 37.0 Å². The van der Waals surface area contributed by atoms with Crippen LogP contribution in [0.25, 0.3) is 11.0 Å². The zero-order valence-corrected chi connectivity index (χ0v) is 18.6. The molecule has 0 spiro atoms. The molecule has 1 saturated carbocycles. The van der Waals surface area contributed by atoms with Gasteiger partial charge in [-0.05, 0) is 62.5 Å². The van der Waals surface area contributed by atoms with Gasteiger partial charge in [0.15, 0.2) is 0 Å². The fourth-order valence-electron chi connectivity index (χ4n) is 4.80.